The number of hydrogen-bond donors (Lipinski definition) is 2. The standard InChI is InChI=1S/C19H20ClFN2O2/c20-16-2-1-3-17(21)15(16)11-19(25)23-18(13-9-14(24)10-13)8-12-4-6-22-7-5-12/h1-7,13-14,18,24H,8-11H2,(H,23,25)/t13?,14?,18-/m1/s1. The molecule has 1 aliphatic rings. The lowest BCUT2D eigenvalue weighted by Gasteiger charge is -2.38. The number of nitrogens with zero attached hydrogens (tertiary/aromatic N) is 1. The summed E-state index contributed by atoms with van der Waals surface area (Å²) in [6, 6.07) is 8.09. The molecule has 0 aliphatic heterocycles. The van der Waals surface area contributed by atoms with Crippen molar-refractivity contribution >= 4 is 17.5 Å². The quantitative estimate of drug-likeness (QED) is 0.830. The first-order valence-corrected chi connectivity index (χ1v) is 8.70. The van der Waals surface area contributed by atoms with Gasteiger partial charge in [0.25, 0.3) is 0 Å². The Hall–Kier alpha value is -1.98. The van der Waals surface area contributed by atoms with Gasteiger partial charge >= 0.3 is 0 Å². The van der Waals surface area contributed by atoms with E-state index >= 15 is 0 Å². The number of aromatic nitrogens is 1. The normalized spacial score (nSPS) is 20.6. The summed E-state index contributed by atoms with van der Waals surface area (Å²) in [6.07, 6.45) is 4.99. The van der Waals surface area contributed by atoms with Crippen LogP contribution in [0.2, 0.25) is 5.02 Å². The molecule has 2 aromatic rings. The van der Waals surface area contributed by atoms with Crippen molar-refractivity contribution in [1.82, 2.24) is 10.3 Å². The third kappa shape index (κ3) is 4.55. The van der Waals surface area contributed by atoms with Crippen molar-refractivity contribution < 1.29 is 14.3 Å². The van der Waals surface area contributed by atoms with Gasteiger partial charge in [-0.3, -0.25) is 9.78 Å². The fourth-order valence-corrected chi connectivity index (χ4v) is 3.42. The number of amides is 1. The van der Waals surface area contributed by atoms with Crippen molar-refractivity contribution in [3.8, 4) is 0 Å². The Morgan fingerprint density at radius 3 is 2.68 bits per heavy atom. The molecule has 0 spiro atoms. The van der Waals surface area contributed by atoms with Gasteiger partial charge in [0.05, 0.1) is 12.5 Å². The number of benzene rings is 1. The average molecular weight is 363 g/mol. The van der Waals surface area contributed by atoms with Crippen LogP contribution in [0, 0.1) is 11.7 Å². The van der Waals surface area contributed by atoms with E-state index < -0.39 is 5.82 Å². The summed E-state index contributed by atoms with van der Waals surface area (Å²) in [4.78, 5) is 16.4. The molecule has 0 radical (unpaired) electrons. The lowest BCUT2D eigenvalue weighted by atomic mass is 9.75. The molecule has 4 nitrogen and oxygen atoms in total. The number of halogens is 2. The van der Waals surface area contributed by atoms with Gasteiger partial charge in [0.15, 0.2) is 0 Å². The number of rotatable bonds is 6. The summed E-state index contributed by atoms with van der Waals surface area (Å²) >= 11 is 6.00. The van der Waals surface area contributed by atoms with E-state index in [9.17, 15) is 14.3 Å². The Balaban J connectivity index is 1.68. The molecule has 1 aromatic heterocycles. The summed E-state index contributed by atoms with van der Waals surface area (Å²) < 4.78 is 13.9. The lowest BCUT2D eigenvalue weighted by Crippen LogP contribution is -2.48. The Labute approximate surface area is 151 Å². The minimum Gasteiger partial charge on any atom is -0.393 e. The molecule has 1 aliphatic carbocycles. The third-order valence-corrected chi connectivity index (χ3v) is 5.02. The second kappa shape index (κ2) is 7.93. The molecule has 1 amide bonds. The van der Waals surface area contributed by atoms with E-state index in [-0.39, 0.29) is 41.0 Å². The Kier molecular flexibility index (Phi) is 5.66. The number of aliphatic hydroxyl groups excluding tert-OH is 1. The fourth-order valence-electron chi connectivity index (χ4n) is 3.19. The minimum absolute atomic E-state index is 0.104. The third-order valence-electron chi connectivity index (χ3n) is 4.67. The smallest absolute Gasteiger partial charge is 0.224 e. The van der Waals surface area contributed by atoms with Gasteiger partial charge in [0.1, 0.15) is 5.82 Å². The molecule has 25 heavy (non-hydrogen) atoms. The Bertz CT molecular complexity index is 715. The van der Waals surface area contributed by atoms with Crippen LogP contribution in [-0.4, -0.2) is 28.1 Å². The van der Waals surface area contributed by atoms with Gasteiger partial charge < -0.3 is 10.4 Å². The summed E-state index contributed by atoms with van der Waals surface area (Å²) in [5, 5.41) is 12.8. The number of pyridine rings is 1. The van der Waals surface area contributed by atoms with E-state index in [0.717, 1.165) is 5.56 Å². The highest BCUT2D eigenvalue weighted by Crippen LogP contribution is 2.32. The molecule has 3 rings (SSSR count). The first kappa shape index (κ1) is 17.8. The number of hydrogen-bond acceptors (Lipinski definition) is 3. The summed E-state index contributed by atoms with van der Waals surface area (Å²) in [6.45, 7) is 0. The molecular formula is C19H20ClFN2O2. The summed E-state index contributed by atoms with van der Waals surface area (Å²) in [5.41, 5.74) is 1.27. The number of carbonyl (C=O) groups is 1. The molecule has 1 heterocycles. The van der Waals surface area contributed by atoms with Crippen LogP contribution in [0.4, 0.5) is 4.39 Å². The maximum Gasteiger partial charge on any atom is 0.224 e. The number of carbonyl (C=O) groups excluding carboxylic acids is 1. The van der Waals surface area contributed by atoms with Crippen LogP contribution >= 0.6 is 11.6 Å². The van der Waals surface area contributed by atoms with Gasteiger partial charge in [0, 0.05) is 29.0 Å². The van der Waals surface area contributed by atoms with Gasteiger partial charge in [0.2, 0.25) is 5.91 Å². The second-order valence-electron chi connectivity index (χ2n) is 6.50. The van der Waals surface area contributed by atoms with Crippen molar-refractivity contribution in [2.75, 3.05) is 0 Å². The van der Waals surface area contributed by atoms with Crippen molar-refractivity contribution in [2.24, 2.45) is 5.92 Å². The highest BCUT2D eigenvalue weighted by Gasteiger charge is 2.34. The maximum atomic E-state index is 13.9. The second-order valence-corrected chi connectivity index (χ2v) is 6.90. The molecule has 6 heteroatoms. The summed E-state index contributed by atoms with van der Waals surface area (Å²) in [7, 11) is 0. The molecule has 1 atom stereocenters. The molecule has 1 saturated carbocycles. The van der Waals surface area contributed by atoms with Crippen LogP contribution in [0.1, 0.15) is 24.0 Å². The van der Waals surface area contributed by atoms with Crippen molar-refractivity contribution in [1.29, 1.82) is 0 Å². The molecule has 0 unspecified atom stereocenters. The molecule has 1 fully saturated rings. The van der Waals surface area contributed by atoms with Crippen LogP contribution in [0.25, 0.3) is 0 Å². The van der Waals surface area contributed by atoms with Crippen molar-refractivity contribution in [3.63, 3.8) is 0 Å². The van der Waals surface area contributed by atoms with Gasteiger partial charge in [-0.15, -0.1) is 0 Å². The predicted molar refractivity (Wildman–Crippen MR) is 93.7 cm³/mol. The van der Waals surface area contributed by atoms with E-state index in [0.29, 0.717) is 19.3 Å². The van der Waals surface area contributed by atoms with Gasteiger partial charge in [-0.05, 0) is 55.0 Å². The van der Waals surface area contributed by atoms with Crippen LogP contribution in [-0.2, 0) is 17.6 Å². The first-order valence-electron chi connectivity index (χ1n) is 8.32. The molecule has 1 aromatic carbocycles. The van der Waals surface area contributed by atoms with Gasteiger partial charge in [-0.1, -0.05) is 17.7 Å². The van der Waals surface area contributed by atoms with Crippen LogP contribution < -0.4 is 5.32 Å². The first-order chi connectivity index (χ1) is 12.0. The van der Waals surface area contributed by atoms with E-state index in [1.807, 2.05) is 12.1 Å². The highest BCUT2D eigenvalue weighted by atomic mass is 35.5. The lowest BCUT2D eigenvalue weighted by molar-refractivity contribution is -0.122. The zero-order valence-corrected chi connectivity index (χ0v) is 14.4. The fraction of sp³-hybridized carbons (Fsp3) is 0.368. The number of nitrogens with one attached hydrogen (secondary N) is 1. The van der Waals surface area contributed by atoms with Gasteiger partial charge in [-0.2, -0.15) is 0 Å². The molecular weight excluding hydrogens is 343 g/mol. The average Bonchev–Trinajstić information content (AvgIpc) is 2.56. The molecule has 0 saturated heterocycles. The molecule has 0 bridgehead atoms. The molecule has 2 N–H and O–H groups in total. The van der Waals surface area contributed by atoms with Crippen molar-refractivity contribution in [3.05, 3.63) is 64.7 Å². The molecule has 132 valence electrons. The van der Waals surface area contributed by atoms with Crippen LogP contribution in [0.15, 0.2) is 42.7 Å². The van der Waals surface area contributed by atoms with E-state index in [1.165, 1.54) is 12.1 Å². The highest BCUT2D eigenvalue weighted by molar-refractivity contribution is 6.31. The van der Waals surface area contributed by atoms with Crippen molar-refractivity contribution in [2.45, 2.75) is 37.8 Å². The van der Waals surface area contributed by atoms with Crippen LogP contribution in [0.5, 0.6) is 0 Å². The van der Waals surface area contributed by atoms with E-state index in [1.54, 1.807) is 18.5 Å². The largest absolute Gasteiger partial charge is 0.393 e. The van der Waals surface area contributed by atoms with E-state index in [2.05, 4.69) is 10.3 Å². The predicted octanol–water partition coefficient (Wildman–Crippen LogP) is 2.92. The summed E-state index contributed by atoms with van der Waals surface area (Å²) in [5.74, 6) is -0.539. The topological polar surface area (TPSA) is 62.2 Å². The number of aliphatic hydroxyl groups is 1. The van der Waals surface area contributed by atoms with Crippen LogP contribution in [0.3, 0.4) is 0 Å². The monoisotopic (exact) mass is 362 g/mol. The Morgan fingerprint density at radius 1 is 1.32 bits per heavy atom. The zero-order valence-electron chi connectivity index (χ0n) is 13.7. The van der Waals surface area contributed by atoms with Gasteiger partial charge in [-0.25, -0.2) is 4.39 Å². The maximum absolute atomic E-state index is 13.9. The SMILES string of the molecule is O=C(Cc1c(F)cccc1Cl)N[C@H](Cc1ccncc1)C1CC(O)C1. The Morgan fingerprint density at radius 2 is 2.04 bits per heavy atom. The minimum atomic E-state index is -0.479. The zero-order chi connectivity index (χ0) is 17.8. The van der Waals surface area contributed by atoms with E-state index in [4.69, 9.17) is 11.6 Å².